The van der Waals surface area contributed by atoms with E-state index in [0.717, 1.165) is 5.56 Å². The van der Waals surface area contributed by atoms with E-state index >= 15 is 0 Å². The number of benzene rings is 1. The van der Waals surface area contributed by atoms with Crippen LogP contribution >= 0.6 is 0 Å². The Labute approximate surface area is 117 Å². The fourth-order valence-corrected chi connectivity index (χ4v) is 2.12. The Morgan fingerprint density at radius 3 is 2.40 bits per heavy atom. The van der Waals surface area contributed by atoms with Crippen LogP contribution in [0.15, 0.2) is 30.3 Å². The molecule has 1 aromatic rings. The Morgan fingerprint density at radius 2 is 1.75 bits per heavy atom. The van der Waals surface area contributed by atoms with Gasteiger partial charge in [-0.2, -0.15) is 0 Å². The van der Waals surface area contributed by atoms with Crippen LogP contribution in [-0.4, -0.2) is 59.7 Å². The summed E-state index contributed by atoms with van der Waals surface area (Å²) >= 11 is 0. The van der Waals surface area contributed by atoms with Gasteiger partial charge in [0.05, 0.1) is 13.2 Å². The molecule has 1 saturated heterocycles. The zero-order chi connectivity index (χ0) is 14.5. The molecule has 2 rings (SSSR count). The molecule has 1 aliphatic heterocycles. The summed E-state index contributed by atoms with van der Waals surface area (Å²) in [7, 11) is 1.36. The van der Waals surface area contributed by atoms with Crippen molar-refractivity contribution in [3.05, 3.63) is 35.9 Å². The summed E-state index contributed by atoms with van der Waals surface area (Å²) in [6, 6.07) is 9.58. The van der Waals surface area contributed by atoms with Crippen LogP contribution in [0.3, 0.4) is 0 Å². The van der Waals surface area contributed by atoms with Gasteiger partial charge in [0.25, 0.3) is 0 Å². The number of hydrogen-bond acceptors (Lipinski definition) is 6. The normalized spacial score (nSPS) is 34.1. The molecule has 0 unspecified atom stereocenters. The lowest BCUT2D eigenvalue weighted by Crippen LogP contribution is -2.59. The highest BCUT2D eigenvalue weighted by atomic mass is 16.7. The number of aliphatic hydroxyl groups excluding tert-OH is 3. The van der Waals surface area contributed by atoms with E-state index in [1.54, 1.807) is 0 Å². The van der Waals surface area contributed by atoms with Gasteiger partial charge in [0.15, 0.2) is 6.29 Å². The van der Waals surface area contributed by atoms with Gasteiger partial charge in [-0.3, -0.25) is 0 Å². The lowest BCUT2D eigenvalue weighted by molar-refractivity contribution is -0.296. The van der Waals surface area contributed by atoms with Crippen molar-refractivity contribution in [1.82, 2.24) is 0 Å². The Kier molecular flexibility index (Phi) is 5.47. The first-order valence-corrected chi connectivity index (χ1v) is 6.47. The van der Waals surface area contributed by atoms with Gasteiger partial charge in [-0.15, -0.1) is 0 Å². The highest BCUT2D eigenvalue weighted by molar-refractivity contribution is 5.13. The van der Waals surface area contributed by atoms with E-state index in [-0.39, 0.29) is 6.61 Å². The summed E-state index contributed by atoms with van der Waals surface area (Å²) in [5.41, 5.74) is 1.00. The SMILES string of the molecule is CO[C@H]1O[C@H](COCc2ccccc2)[C@@H](O)[C@H](O)[C@H]1O. The number of methoxy groups -OCH3 is 1. The Morgan fingerprint density at radius 1 is 1.05 bits per heavy atom. The minimum absolute atomic E-state index is 0.0969. The third-order valence-electron chi connectivity index (χ3n) is 3.29. The fraction of sp³-hybridized carbons (Fsp3) is 0.571. The summed E-state index contributed by atoms with van der Waals surface area (Å²) in [6.45, 7) is 0.476. The van der Waals surface area contributed by atoms with E-state index in [0.29, 0.717) is 6.61 Å². The first kappa shape index (κ1) is 15.4. The maximum Gasteiger partial charge on any atom is 0.186 e. The van der Waals surface area contributed by atoms with Crippen molar-refractivity contribution in [2.75, 3.05) is 13.7 Å². The summed E-state index contributed by atoms with van der Waals surface area (Å²) in [6.07, 6.45) is -5.53. The summed E-state index contributed by atoms with van der Waals surface area (Å²) < 4.78 is 15.8. The molecule has 6 heteroatoms. The highest BCUT2D eigenvalue weighted by Gasteiger charge is 2.43. The van der Waals surface area contributed by atoms with Crippen molar-refractivity contribution in [3.63, 3.8) is 0 Å². The van der Waals surface area contributed by atoms with Crippen molar-refractivity contribution in [2.24, 2.45) is 0 Å². The average Bonchev–Trinajstić information content (AvgIpc) is 2.48. The smallest absolute Gasteiger partial charge is 0.186 e. The molecular weight excluding hydrogens is 264 g/mol. The standard InChI is InChI=1S/C14H20O6/c1-18-14-13(17)12(16)11(15)10(20-14)8-19-7-9-5-3-2-4-6-9/h2-6,10-17H,7-8H2,1H3/t10-,11-,12+,13-,14+/m1/s1. The fourth-order valence-electron chi connectivity index (χ4n) is 2.12. The van der Waals surface area contributed by atoms with E-state index in [2.05, 4.69) is 0 Å². The van der Waals surface area contributed by atoms with Crippen LogP contribution in [0.4, 0.5) is 0 Å². The largest absolute Gasteiger partial charge is 0.387 e. The van der Waals surface area contributed by atoms with Crippen LogP contribution in [0, 0.1) is 0 Å². The molecule has 0 bridgehead atoms. The van der Waals surface area contributed by atoms with Crippen molar-refractivity contribution in [2.45, 2.75) is 37.3 Å². The van der Waals surface area contributed by atoms with Crippen LogP contribution in [-0.2, 0) is 20.8 Å². The number of hydrogen-bond donors (Lipinski definition) is 3. The molecule has 1 fully saturated rings. The number of ether oxygens (including phenoxy) is 3. The molecule has 1 heterocycles. The molecule has 3 N–H and O–H groups in total. The van der Waals surface area contributed by atoms with Crippen LogP contribution in [0.5, 0.6) is 0 Å². The summed E-state index contributed by atoms with van der Waals surface area (Å²) in [4.78, 5) is 0. The van der Waals surface area contributed by atoms with E-state index in [4.69, 9.17) is 14.2 Å². The Hall–Kier alpha value is -1.02. The van der Waals surface area contributed by atoms with Crippen LogP contribution in [0.2, 0.25) is 0 Å². The molecule has 20 heavy (non-hydrogen) atoms. The summed E-state index contributed by atoms with van der Waals surface area (Å²) in [5, 5.41) is 29.2. The zero-order valence-corrected chi connectivity index (χ0v) is 11.3. The van der Waals surface area contributed by atoms with Crippen molar-refractivity contribution >= 4 is 0 Å². The predicted molar refractivity (Wildman–Crippen MR) is 69.8 cm³/mol. The molecule has 1 aliphatic rings. The van der Waals surface area contributed by atoms with Gasteiger partial charge < -0.3 is 29.5 Å². The van der Waals surface area contributed by atoms with Crippen molar-refractivity contribution < 1.29 is 29.5 Å². The van der Waals surface area contributed by atoms with E-state index in [1.165, 1.54) is 7.11 Å². The van der Waals surface area contributed by atoms with Crippen molar-refractivity contribution in [3.8, 4) is 0 Å². The van der Waals surface area contributed by atoms with Gasteiger partial charge >= 0.3 is 0 Å². The highest BCUT2D eigenvalue weighted by Crippen LogP contribution is 2.22. The molecule has 112 valence electrons. The molecule has 6 nitrogen and oxygen atoms in total. The van der Waals surface area contributed by atoms with Gasteiger partial charge in [-0.25, -0.2) is 0 Å². The third kappa shape index (κ3) is 3.54. The van der Waals surface area contributed by atoms with Gasteiger partial charge in [-0.1, -0.05) is 30.3 Å². The van der Waals surface area contributed by atoms with E-state index in [1.807, 2.05) is 30.3 Å². The second-order valence-corrected chi connectivity index (χ2v) is 4.75. The van der Waals surface area contributed by atoms with Crippen LogP contribution in [0.1, 0.15) is 5.56 Å². The third-order valence-corrected chi connectivity index (χ3v) is 3.29. The van der Waals surface area contributed by atoms with Crippen molar-refractivity contribution in [1.29, 1.82) is 0 Å². The topological polar surface area (TPSA) is 88.4 Å². The first-order chi connectivity index (χ1) is 9.63. The summed E-state index contributed by atoms with van der Waals surface area (Å²) in [5.74, 6) is 0. The van der Waals surface area contributed by atoms with E-state index < -0.39 is 30.7 Å². The van der Waals surface area contributed by atoms with Gasteiger partial charge in [0.1, 0.15) is 24.4 Å². The average molecular weight is 284 g/mol. The quantitative estimate of drug-likeness (QED) is 0.685. The molecule has 0 aliphatic carbocycles. The molecule has 0 aromatic heterocycles. The predicted octanol–water partition coefficient (Wildman–Crippen LogP) is -0.343. The monoisotopic (exact) mass is 284 g/mol. The number of rotatable bonds is 5. The van der Waals surface area contributed by atoms with Crippen LogP contribution in [0.25, 0.3) is 0 Å². The second kappa shape index (κ2) is 7.12. The molecular formula is C14H20O6. The lowest BCUT2D eigenvalue weighted by atomic mass is 9.99. The minimum atomic E-state index is -1.32. The minimum Gasteiger partial charge on any atom is -0.387 e. The lowest BCUT2D eigenvalue weighted by Gasteiger charge is -2.39. The molecule has 5 atom stereocenters. The van der Waals surface area contributed by atoms with Gasteiger partial charge in [0, 0.05) is 7.11 Å². The van der Waals surface area contributed by atoms with Gasteiger partial charge in [0.2, 0.25) is 0 Å². The second-order valence-electron chi connectivity index (χ2n) is 4.75. The molecule has 0 radical (unpaired) electrons. The maximum absolute atomic E-state index is 9.85. The number of aliphatic hydroxyl groups is 3. The molecule has 0 amide bonds. The maximum atomic E-state index is 9.85. The molecule has 0 saturated carbocycles. The Bertz CT molecular complexity index is 396. The molecule has 0 spiro atoms. The zero-order valence-electron chi connectivity index (χ0n) is 11.3. The molecule has 1 aromatic carbocycles. The van der Waals surface area contributed by atoms with Gasteiger partial charge in [-0.05, 0) is 5.56 Å². The van der Waals surface area contributed by atoms with E-state index in [9.17, 15) is 15.3 Å². The Balaban J connectivity index is 1.85. The first-order valence-electron chi connectivity index (χ1n) is 6.47. The van der Waals surface area contributed by atoms with Crippen LogP contribution < -0.4 is 0 Å².